The Labute approximate surface area is 327 Å². The Hall–Kier alpha value is -6.44. The Morgan fingerprint density at radius 3 is 0.839 bits per heavy atom. The quantitative estimate of drug-likeness (QED) is 0.145. The first-order valence-electron chi connectivity index (χ1n) is 18.6. The van der Waals surface area contributed by atoms with Crippen molar-refractivity contribution in [3.05, 3.63) is 230 Å². The van der Waals surface area contributed by atoms with Gasteiger partial charge in [-0.25, -0.2) is 9.98 Å². The van der Waals surface area contributed by atoms with Crippen LogP contribution in [0.1, 0.15) is 11.1 Å². The van der Waals surface area contributed by atoms with E-state index in [1.165, 1.54) is 0 Å². The molecular weight excluding hydrogens is 723 g/mol. The first-order valence-corrected chi connectivity index (χ1v) is 22.0. The van der Waals surface area contributed by atoms with Crippen molar-refractivity contribution >= 4 is 68.9 Å². The van der Waals surface area contributed by atoms with Gasteiger partial charge in [0.2, 0.25) is 0 Å². The van der Waals surface area contributed by atoms with Crippen LogP contribution in [0.2, 0.25) is 0 Å². The van der Waals surface area contributed by atoms with Crippen molar-refractivity contribution < 1.29 is 9.13 Å². The molecule has 1 heterocycles. The van der Waals surface area contributed by atoms with E-state index in [9.17, 15) is 0 Å². The number of benzene rings is 8. The van der Waals surface area contributed by atoms with Crippen LogP contribution in [0.15, 0.2) is 228 Å². The fourth-order valence-corrected chi connectivity index (χ4v) is 13.4. The minimum absolute atomic E-state index is 0.600. The standard InChI is InChI=1S/C50H36N2O2P2/c53-55(39-25-11-3-12-26-39,40-27-13-4-14-28-40)45-35-19-33-43-47(45)48-44(52-50(38-23-9-2-10-24-38)49(51-43)37-21-7-1-8-22-37)34-20-36-46(48)56(54,41-29-15-5-16-30-41)42-31-17-6-18-32-42/h1-36H. The topological polar surface area (TPSA) is 58.9 Å². The van der Waals surface area contributed by atoms with Crippen molar-refractivity contribution in [1.82, 2.24) is 0 Å². The number of fused-ring (bicyclic) bond motifs is 3. The van der Waals surface area contributed by atoms with Gasteiger partial charge in [0.25, 0.3) is 0 Å². The molecule has 268 valence electrons. The van der Waals surface area contributed by atoms with Crippen molar-refractivity contribution in [3.8, 4) is 11.1 Å². The van der Waals surface area contributed by atoms with E-state index in [1.807, 2.05) is 218 Å². The van der Waals surface area contributed by atoms with Gasteiger partial charge in [0.15, 0.2) is 14.3 Å². The van der Waals surface area contributed by atoms with E-state index >= 15 is 9.13 Å². The highest BCUT2D eigenvalue weighted by Gasteiger charge is 2.39. The van der Waals surface area contributed by atoms with Gasteiger partial charge in [-0.05, 0) is 12.1 Å². The van der Waals surface area contributed by atoms with Crippen molar-refractivity contribution in [3.63, 3.8) is 0 Å². The molecule has 6 heteroatoms. The summed E-state index contributed by atoms with van der Waals surface area (Å²) in [5.41, 5.74) is 5.64. The molecule has 0 fully saturated rings. The van der Waals surface area contributed by atoms with Gasteiger partial charge < -0.3 is 9.13 Å². The third-order valence-electron chi connectivity index (χ3n) is 10.2. The smallest absolute Gasteiger partial charge is 0.171 e. The number of hydrogen-bond acceptors (Lipinski definition) is 4. The lowest BCUT2D eigenvalue weighted by Crippen LogP contribution is -2.30. The highest BCUT2D eigenvalue weighted by molar-refractivity contribution is 7.86. The Morgan fingerprint density at radius 1 is 0.286 bits per heavy atom. The molecule has 0 aliphatic carbocycles. The second-order valence-electron chi connectivity index (χ2n) is 13.6. The van der Waals surface area contributed by atoms with Crippen molar-refractivity contribution in [1.29, 1.82) is 0 Å². The van der Waals surface area contributed by atoms with Gasteiger partial charge in [0, 0.05) is 54.1 Å². The lowest BCUT2D eigenvalue weighted by Gasteiger charge is -2.29. The van der Waals surface area contributed by atoms with E-state index < -0.39 is 14.3 Å². The molecule has 0 spiro atoms. The molecule has 0 saturated carbocycles. The average molecular weight is 759 g/mol. The summed E-state index contributed by atoms with van der Waals surface area (Å²) in [5, 5.41) is 3.96. The molecule has 4 nitrogen and oxygen atoms in total. The summed E-state index contributed by atoms with van der Waals surface area (Å²) >= 11 is 0. The molecule has 9 rings (SSSR count). The van der Waals surface area contributed by atoms with Crippen LogP contribution in [0.3, 0.4) is 0 Å². The van der Waals surface area contributed by atoms with E-state index in [2.05, 4.69) is 0 Å². The van der Waals surface area contributed by atoms with Crippen molar-refractivity contribution in [2.24, 2.45) is 9.98 Å². The van der Waals surface area contributed by atoms with E-state index in [1.54, 1.807) is 0 Å². The van der Waals surface area contributed by atoms with Crippen LogP contribution in [0.4, 0.5) is 11.4 Å². The zero-order valence-corrected chi connectivity index (χ0v) is 32.2. The second-order valence-corrected chi connectivity index (χ2v) is 19.0. The SMILES string of the molecule is O=P(c1ccccc1)(c1ccccc1)c1cccc2c1-c1c(cccc1P(=O)(c1ccccc1)c1ccccc1)N=C(c1ccccc1)C(c1ccccc1)=N2. The van der Waals surface area contributed by atoms with Gasteiger partial charge >= 0.3 is 0 Å². The lowest BCUT2D eigenvalue weighted by molar-refractivity contribution is 0.591. The molecular formula is C50H36N2O2P2. The molecule has 8 aromatic rings. The van der Waals surface area contributed by atoms with Gasteiger partial charge in [0.05, 0.1) is 22.8 Å². The van der Waals surface area contributed by atoms with Crippen LogP contribution >= 0.6 is 14.3 Å². The third-order valence-corrected chi connectivity index (χ3v) is 16.4. The van der Waals surface area contributed by atoms with Crippen LogP contribution in [0, 0.1) is 0 Å². The summed E-state index contributed by atoms with van der Waals surface area (Å²) in [7, 11) is -7.23. The van der Waals surface area contributed by atoms with Gasteiger partial charge in [-0.15, -0.1) is 0 Å². The molecule has 0 N–H and O–H groups in total. The lowest BCUT2D eigenvalue weighted by atomic mass is 9.95. The van der Waals surface area contributed by atoms with E-state index in [0.29, 0.717) is 65.8 Å². The minimum atomic E-state index is -3.61. The highest BCUT2D eigenvalue weighted by Crippen LogP contribution is 2.53. The zero-order valence-electron chi connectivity index (χ0n) is 30.4. The van der Waals surface area contributed by atoms with E-state index in [-0.39, 0.29) is 0 Å². The molecule has 8 aromatic carbocycles. The van der Waals surface area contributed by atoms with Crippen molar-refractivity contribution in [2.75, 3.05) is 0 Å². The maximum atomic E-state index is 16.5. The molecule has 0 saturated heterocycles. The predicted molar refractivity (Wildman–Crippen MR) is 236 cm³/mol. The number of aliphatic imine (C=N–C) groups is 2. The molecule has 0 amide bonds. The van der Waals surface area contributed by atoms with Crippen LogP contribution in [-0.4, -0.2) is 11.4 Å². The number of rotatable bonds is 8. The fraction of sp³-hybridized carbons (Fsp3) is 0. The van der Waals surface area contributed by atoms with Gasteiger partial charge in [-0.3, -0.25) is 0 Å². The molecule has 0 radical (unpaired) electrons. The summed E-state index contributed by atoms with van der Waals surface area (Å²) in [4.78, 5) is 11.1. The maximum Gasteiger partial charge on any atom is 0.171 e. The summed E-state index contributed by atoms with van der Waals surface area (Å²) in [6.07, 6.45) is 0. The highest BCUT2D eigenvalue weighted by atomic mass is 31.2. The Bertz CT molecular complexity index is 2540. The van der Waals surface area contributed by atoms with Gasteiger partial charge in [-0.2, -0.15) is 0 Å². The molecule has 0 unspecified atom stereocenters. The summed E-state index contributed by atoms with van der Waals surface area (Å²) in [5.74, 6) is 0. The Morgan fingerprint density at radius 2 is 0.554 bits per heavy atom. The second kappa shape index (κ2) is 15.0. The van der Waals surface area contributed by atoms with Crippen LogP contribution in [0.5, 0.6) is 0 Å². The van der Waals surface area contributed by atoms with Crippen LogP contribution in [-0.2, 0) is 9.13 Å². The molecule has 1 aliphatic heterocycles. The van der Waals surface area contributed by atoms with Crippen molar-refractivity contribution in [2.45, 2.75) is 0 Å². The van der Waals surface area contributed by atoms with Gasteiger partial charge in [0.1, 0.15) is 0 Å². The van der Waals surface area contributed by atoms with Gasteiger partial charge in [-0.1, -0.05) is 206 Å². The first-order chi connectivity index (χ1) is 27.6. The number of hydrogen-bond donors (Lipinski definition) is 0. The first kappa shape index (κ1) is 35.3. The largest absolute Gasteiger partial charge is 0.309 e. The summed E-state index contributed by atoms with van der Waals surface area (Å²) in [6.45, 7) is 0. The molecule has 1 aliphatic rings. The Kier molecular flexibility index (Phi) is 9.45. The minimum Gasteiger partial charge on any atom is -0.309 e. The average Bonchev–Trinajstić information content (AvgIpc) is 3.28. The monoisotopic (exact) mass is 758 g/mol. The molecule has 0 bridgehead atoms. The maximum absolute atomic E-state index is 16.5. The molecule has 0 atom stereocenters. The normalized spacial score (nSPS) is 12.6. The number of nitrogens with zero attached hydrogens (tertiary/aromatic N) is 2. The van der Waals surface area contributed by atoms with Crippen LogP contribution < -0.4 is 31.8 Å². The summed E-state index contributed by atoms with van der Waals surface area (Å²) in [6, 6.07) is 70.5. The van der Waals surface area contributed by atoms with E-state index in [0.717, 1.165) is 11.1 Å². The van der Waals surface area contributed by atoms with E-state index in [4.69, 9.17) is 9.98 Å². The van der Waals surface area contributed by atoms with Crippen LogP contribution in [0.25, 0.3) is 11.1 Å². The molecule has 56 heavy (non-hydrogen) atoms. The molecule has 0 aromatic heterocycles. The third kappa shape index (κ3) is 6.14. The predicted octanol–water partition coefficient (Wildman–Crippen LogP) is 9.89. The Balaban J connectivity index is 1.48. The fourth-order valence-electron chi connectivity index (χ4n) is 7.63. The zero-order chi connectivity index (χ0) is 38.0. The summed E-state index contributed by atoms with van der Waals surface area (Å²) < 4.78 is 33.0.